The highest BCUT2D eigenvalue weighted by Crippen LogP contribution is 2.28. The van der Waals surface area contributed by atoms with Gasteiger partial charge in [0.1, 0.15) is 11.6 Å². The van der Waals surface area contributed by atoms with Crippen LogP contribution < -0.4 is 10.1 Å². The largest absolute Gasteiger partial charge is 0.497 e. The summed E-state index contributed by atoms with van der Waals surface area (Å²) >= 11 is 0. The molecule has 3 nitrogen and oxygen atoms in total. The second-order valence-electron chi connectivity index (χ2n) is 5.02. The zero-order valence-electron chi connectivity index (χ0n) is 11.8. The van der Waals surface area contributed by atoms with Crippen molar-refractivity contribution < 1.29 is 13.9 Å². The van der Waals surface area contributed by atoms with E-state index in [1.807, 2.05) is 13.8 Å². The standard InChI is InChI=1S/C15H22FNO2/c1-4-19-13-7-11(8-13)17-10(2)14-6-5-12(18-3)9-15(14)16/h5-6,9-11,13,17H,4,7-8H2,1-3H3. The van der Waals surface area contributed by atoms with E-state index >= 15 is 0 Å². The van der Waals surface area contributed by atoms with Crippen LogP contribution in [0.3, 0.4) is 0 Å². The van der Waals surface area contributed by atoms with Crippen molar-refractivity contribution in [2.24, 2.45) is 0 Å². The molecule has 1 aromatic rings. The van der Waals surface area contributed by atoms with Crippen LogP contribution in [0, 0.1) is 5.82 Å². The van der Waals surface area contributed by atoms with Gasteiger partial charge in [0.15, 0.2) is 0 Å². The summed E-state index contributed by atoms with van der Waals surface area (Å²) in [6.45, 7) is 4.76. The molecule has 19 heavy (non-hydrogen) atoms. The summed E-state index contributed by atoms with van der Waals surface area (Å²) in [4.78, 5) is 0. The normalized spacial score (nSPS) is 23.8. The van der Waals surface area contributed by atoms with Crippen molar-refractivity contribution in [3.05, 3.63) is 29.6 Å². The number of halogens is 1. The first kappa shape index (κ1) is 14.3. The van der Waals surface area contributed by atoms with Crippen molar-refractivity contribution in [2.45, 2.75) is 44.9 Å². The van der Waals surface area contributed by atoms with Crippen molar-refractivity contribution in [2.75, 3.05) is 13.7 Å². The van der Waals surface area contributed by atoms with Gasteiger partial charge in [-0.25, -0.2) is 4.39 Å². The van der Waals surface area contributed by atoms with Crippen LogP contribution in [-0.4, -0.2) is 25.9 Å². The third-order valence-electron chi connectivity index (χ3n) is 3.66. The molecule has 0 radical (unpaired) electrons. The zero-order valence-corrected chi connectivity index (χ0v) is 11.8. The Balaban J connectivity index is 1.88. The molecule has 0 spiro atoms. The third kappa shape index (κ3) is 3.45. The van der Waals surface area contributed by atoms with Gasteiger partial charge in [-0.05, 0) is 32.8 Å². The maximum absolute atomic E-state index is 13.9. The molecule has 1 saturated carbocycles. The number of methoxy groups -OCH3 is 1. The van der Waals surface area contributed by atoms with Crippen LogP contribution in [-0.2, 0) is 4.74 Å². The summed E-state index contributed by atoms with van der Waals surface area (Å²) in [5.74, 6) is 0.327. The van der Waals surface area contributed by atoms with Gasteiger partial charge in [-0.15, -0.1) is 0 Å². The van der Waals surface area contributed by atoms with Crippen LogP contribution in [0.5, 0.6) is 5.75 Å². The molecule has 1 aliphatic carbocycles. The van der Waals surface area contributed by atoms with Crippen molar-refractivity contribution in [3.8, 4) is 5.75 Å². The minimum atomic E-state index is -0.222. The first-order valence-corrected chi connectivity index (χ1v) is 6.85. The first-order chi connectivity index (χ1) is 9.13. The van der Waals surface area contributed by atoms with Gasteiger partial charge in [-0.1, -0.05) is 6.07 Å². The Kier molecular flexibility index (Phi) is 4.77. The molecule has 0 aromatic heterocycles. The third-order valence-corrected chi connectivity index (χ3v) is 3.66. The van der Waals surface area contributed by atoms with E-state index in [9.17, 15) is 4.39 Å². The molecule has 1 N–H and O–H groups in total. The van der Waals surface area contributed by atoms with E-state index in [0.29, 0.717) is 23.5 Å². The fraction of sp³-hybridized carbons (Fsp3) is 0.600. The monoisotopic (exact) mass is 267 g/mol. The summed E-state index contributed by atoms with van der Waals surface area (Å²) in [5, 5.41) is 3.44. The van der Waals surface area contributed by atoms with Crippen LogP contribution in [0.1, 0.15) is 38.3 Å². The lowest BCUT2D eigenvalue weighted by Gasteiger charge is -2.37. The number of nitrogens with one attached hydrogen (secondary N) is 1. The molecule has 1 aliphatic rings. The summed E-state index contributed by atoms with van der Waals surface area (Å²) in [6.07, 6.45) is 2.39. The van der Waals surface area contributed by atoms with Crippen molar-refractivity contribution in [3.63, 3.8) is 0 Å². The molecule has 0 amide bonds. The van der Waals surface area contributed by atoms with Gasteiger partial charge in [0.25, 0.3) is 0 Å². The topological polar surface area (TPSA) is 30.5 Å². The molecule has 0 aliphatic heterocycles. The maximum Gasteiger partial charge on any atom is 0.131 e. The van der Waals surface area contributed by atoms with E-state index in [2.05, 4.69) is 5.32 Å². The van der Waals surface area contributed by atoms with Crippen LogP contribution in [0.25, 0.3) is 0 Å². The molecule has 1 aromatic carbocycles. The van der Waals surface area contributed by atoms with Crippen LogP contribution in [0.4, 0.5) is 4.39 Å². The number of rotatable bonds is 6. The summed E-state index contributed by atoms with van der Waals surface area (Å²) < 4.78 is 24.4. The number of hydrogen-bond donors (Lipinski definition) is 1. The molecule has 0 bridgehead atoms. The predicted octanol–water partition coefficient (Wildman–Crippen LogP) is 3.05. The lowest BCUT2D eigenvalue weighted by Crippen LogP contribution is -2.46. The summed E-state index contributed by atoms with van der Waals surface area (Å²) in [5.41, 5.74) is 0.681. The summed E-state index contributed by atoms with van der Waals surface area (Å²) in [7, 11) is 1.54. The highest BCUT2D eigenvalue weighted by Gasteiger charge is 2.30. The van der Waals surface area contributed by atoms with E-state index in [1.54, 1.807) is 19.2 Å². The number of ether oxygens (including phenoxy) is 2. The fourth-order valence-electron chi connectivity index (χ4n) is 2.50. The first-order valence-electron chi connectivity index (χ1n) is 6.85. The lowest BCUT2D eigenvalue weighted by atomic mass is 9.88. The van der Waals surface area contributed by atoms with Crippen LogP contribution in [0.2, 0.25) is 0 Å². The SMILES string of the molecule is CCOC1CC(NC(C)c2ccc(OC)cc2F)C1. The summed E-state index contributed by atoms with van der Waals surface area (Å²) in [6, 6.07) is 5.42. The quantitative estimate of drug-likeness (QED) is 0.859. The predicted molar refractivity (Wildman–Crippen MR) is 72.9 cm³/mol. The van der Waals surface area contributed by atoms with E-state index < -0.39 is 0 Å². The molecule has 4 heteroatoms. The molecule has 1 atom stereocenters. The molecule has 0 heterocycles. The van der Waals surface area contributed by atoms with E-state index in [-0.39, 0.29) is 11.9 Å². The minimum Gasteiger partial charge on any atom is -0.497 e. The molecular formula is C15H22FNO2. The second kappa shape index (κ2) is 6.35. The Morgan fingerprint density at radius 3 is 2.74 bits per heavy atom. The van der Waals surface area contributed by atoms with E-state index in [0.717, 1.165) is 19.4 Å². The average Bonchev–Trinajstić information content (AvgIpc) is 2.35. The fourth-order valence-corrected chi connectivity index (χ4v) is 2.50. The van der Waals surface area contributed by atoms with Crippen molar-refractivity contribution in [1.29, 1.82) is 0 Å². The molecule has 0 saturated heterocycles. The van der Waals surface area contributed by atoms with Gasteiger partial charge in [-0.3, -0.25) is 0 Å². The van der Waals surface area contributed by atoms with E-state index in [4.69, 9.17) is 9.47 Å². The maximum atomic E-state index is 13.9. The Morgan fingerprint density at radius 2 is 2.16 bits per heavy atom. The number of benzene rings is 1. The number of hydrogen-bond acceptors (Lipinski definition) is 3. The van der Waals surface area contributed by atoms with Crippen LogP contribution >= 0.6 is 0 Å². The Morgan fingerprint density at radius 1 is 1.42 bits per heavy atom. The van der Waals surface area contributed by atoms with E-state index in [1.165, 1.54) is 6.07 Å². The van der Waals surface area contributed by atoms with Crippen LogP contribution in [0.15, 0.2) is 18.2 Å². The highest BCUT2D eigenvalue weighted by atomic mass is 19.1. The van der Waals surface area contributed by atoms with Crippen molar-refractivity contribution >= 4 is 0 Å². The average molecular weight is 267 g/mol. The molecular weight excluding hydrogens is 245 g/mol. The molecule has 106 valence electrons. The Labute approximate surface area is 114 Å². The zero-order chi connectivity index (χ0) is 13.8. The second-order valence-corrected chi connectivity index (χ2v) is 5.02. The van der Waals surface area contributed by atoms with Gasteiger partial charge in [0, 0.05) is 30.3 Å². The van der Waals surface area contributed by atoms with Gasteiger partial charge < -0.3 is 14.8 Å². The highest BCUT2D eigenvalue weighted by molar-refractivity contribution is 5.30. The van der Waals surface area contributed by atoms with Gasteiger partial charge in [-0.2, -0.15) is 0 Å². The molecule has 1 fully saturated rings. The van der Waals surface area contributed by atoms with Crippen molar-refractivity contribution in [1.82, 2.24) is 5.32 Å². The molecule has 1 unspecified atom stereocenters. The van der Waals surface area contributed by atoms with Gasteiger partial charge in [0.2, 0.25) is 0 Å². The van der Waals surface area contributed by atoms with Gasteiger partial charge in [0.05, 0.1) is 13.2 Å². The van der Waals surface area contributed by atoms with Gasteiger partial charge >= 0.3 is 0 Å². The lowest BCUT2D eigenvalue weighted by molar-refractivity contribution is -0.0120. The Bertz CT molecular complexity index is 419. The minimum absolute atomic E-state index is 0.00140. The Hall–Kier alpha value is -1.13. The smallest absolute Gasteiger partial charge is 0.131 e. The molecule has 2 rings (SSSR count).